The number of halogens is 2. The molecule has 2 aromatic carbocycles. The van der Waals surface area contributed by atoms with Crippen LogP contribution in [0.4, 0.5) is 0 Å². The van der Waals surface area contributed by atoms with Crippen LogP contribution in [0.3, 0.4) is 0 Å². The summed E-state index contributed by atoms with van der Waals surface area (Å²) in [6.07, 6.45) is 5.84. The van der Waals surface area contributed by atoms with E-state index in [0.717, 1.165) is 19.3 Å². The molecule has 1 fully saturated rings. The Kier molecular flexibility index (Phi) is 9.91. The van der Waals surface area contributed by atoms with Crippen LogP contribution in [0.2, 0.25) is 10.0 Å². The molecular formula is C29H35Cl2N3O5. The summed E-state index contributed by atoms with van der Waals surface area (Å²) in [5.41, 5.74) is 4.64. The molecule has 1 saturated carbocycles. The molecule has 1 aliphatic carbocycles. The van der Waals surface area contributed by atoms with Gasteiger partial charge in [-0.1, -0.05) is 54.6 Å². The monoisotopic (exact) mass is 575 g/mol. The minimum atomic E-state index is -1.42. The first kappa shape index (κ1) is 29.4. The predicted molar refractivity (Wildman–Crippen MR) is 152 cm³/mol. The van der Waals surface area contributed by atoms with Crippen LogP contribution in [-0.4, -0.2) is 52.9 Å². The van der Waals surface area contributed by atoms with E-state index in [1.807, 2.05) is 0 Å². The molecule has 0 aromatic heterocycles. The second kappa shape index (κ2) is 13.2. The molecule has 39 heavy (non-hydrogen) atoms. The van der Waals surface area contributed by atoms with Gasteiger partial charge < -0.3 is 19.7 Å². The Balaban J connectivity index is 1.62. The Labute approximate surface area is 239 Å². The maximum absolute atomic E-state index is 13.8. The normalized spacial score (nSPS) is 22.1. The van der Waals surface area contributed by atoms with Gasteiger partial charge in [0.15, 0.2) is 11.6 Å². The maximum atomic E-state index is 13.8. The van der Waals surface area contributed by atoms with E-state index in [0.29, 0.717) is 52.8 Å². The summed E-state index contributed by atoms with van der Waals surface area (Å²) in [4.78, 5) is 18.7. The maximum Gasteiger partial charge on any atom is 0.266 e. The molecule has 2 atom stereocenters. The Morgan fingerprint density at radius 3 is 2.59 bits per heavy atom. The second-order valence-electron chi connectivity index (χ2n) is 10.0. The van der Waals surface area contributed by atoms with Crippen LogP contribution in [0.15, 0.2) is 60.1 Å². The Morgan fingerprint density at radius 2 is 1.92 bits per heavy atom. The smallest absolute Gasteiger partial charge is 0.266 e. The molecule has 0 spiro atoms. The highest BCUT2D eigenvalue weighted by molar-refractivity contribution is 6.35. The van der Waals surface area contributed by atoms with Gasteiger partial charge in [0.2, 0.25) is 5.90 Å². The van der Waals surface area contributed by atoms with Crippen molar-refractivity contribution in [2.24, 2.45) is 4.99 Å². The summed E-state index contributed by atoms with van der Waals surface area (Å²) in [5, 5.41) is 20.6. The minimum Gasteiger partial charge on any atom is -0.494 e. The van der Waals surface area contributed by atoms with Gasteiger partial charge in [-0.2, -0.15) is 0 Å². The minimum absolute atomic E-state index is 0.0545. The molecule has 0 saturated heterocycles. The van der Waals surface area contributed by atoms with Crippen molar-refractivity contribution >= 4 is 35.0 Å². The molecule has 1 heterocycles. The zero-order chi connectivity index (χ0) is 27.9. The summed E-state index contributed by atoms with van der Waals surface area (Å²) in [7, 11) is 0. The van der Waals surface area contributed by atoms with E-state index in [1.165, 1.54) is 0 Å². The van der Waals surface area contributed by atoms with Crippen LogP contribution in [-0.2, 0) is 9.53 Å². The lowest BCUT2D eigenvalue weighted by molar-refractivity contribution is -0.130. The van der Waals surface area contributed by atoms with Gasteiger partial charge in [-0.25, -0.2) is 10.4 Å². The Morgan fingerprint density at radius 1 is 1.18 bits per heavy atom. The van der Waals surface area contributed by atoms with Crippen LogP contribution in [0, 0.1) is 0 Å². The van der Waals surface area contributed by atoms with Crippen molar-refractivity contribution in [2.75, 3.05) is 19.8 Å². The molecule has 0 bridgehead atoms. The lowest BCUT2D eigenvalue weighted by Crippen LogP contribution is -2.55. The van der Waals surface area contributed by atoms with E-state index in [-0.39, 0.29) is 25.5 Å². The highest BCUT2D eigenvalue weighted by Crippen LogP contribution is 2.45. The van der Waals surface area contributed by atoms with Gasteiger partial charge in [0, 0.05) is 47.2 Å². The number of nitrogens with zero attached hydrogens (tertiary/aromatic N) is 1. The van der Waals surface area contributed by atoms with Crippen LogP contribution < -0.4 is 15.6 Å². The fourth-order valence-electron chi connectivity index (χ4n) is 5.01. The van der Waals surface area contributed by atoms with Crippen LogP contribution >= 0.6 is 23.2 Å². The number of carbonyl (C=O) groups is 1. The van der Waals surface area contributed by atoms with Crippen LogP contribution in [0.1, 0.15) is 62.2 Å². The average molecular weight is 577 g/mol. The molecule has 210 valence electrons. The Hall–Kier alpha value is -2.62. The quantitative estimate of drug-likeness (QED) is 0.162. The van der Waals surface area contributed by atoms with Gasteiger partial charge in [-0.05, 0) is 49.2 Å². The number of rotatable bonds is 12. The van der Waals surface area contributed by atoms with Crippen molar-refractivity contribution in [3.05, 3.63) is 76.3 Å². The van der Waals surface area contributed by atoms with Crippen molar-refractivity contribution in [3.8, 4) is 5.75 Å². The molecule has 8 nitrogen and oxygen atoms in total. The number of ether oxygens (including phenoxy) is 2. The number of nitrogens with one attached hydrogen (secondary N) is 2. The number of hydrazine groups is 1. The lowest BCUT2D eigenvalue weighted by atomic mass is 9.84. The molecule has 1 aliphatic heterocycles. The molecule has 0 radical (unpaired) electrons. The summed E-state index contributed by atoms with van der Waals surface area (Å²) >= 11 is 12.7. The molecule has 10 heteroatoms. The number of aliphatic imine (C=N–C) groups is 1. The van der Waals surface area contributed by atoms with Crippen LogP contribution in [0.25, 0.3) is 0 Å². The van der Waals surface area contributed by atoms with E-state index in [4.69, 9.17) is 42.8 Å². The first-order valence-corrected chi connectivity index (χ1v) is 14.0. The zero-order valence-electron chi connectivity index (χ0n) is 21.8. The number of amides is 1. The zero-order valence-corrected chi connectivity index (χ0v) is 23.3. The van der Waals surface area contributed by atoms with Crippen LogP contribution in [0.5, 0.6) is 5.75 Å². The first-order chi connectivity index (χ1) is 18.8. The summed E-state index contributed by atoms with van der Waals surface area (Å²) in [6.45, 7) is 4.55. The standard InChI is InChI=1S/C29H35Cl2N3O5/c1-2-13-29(27(36)34-32-19-28(37)14-4-3-5-15-28)25(23-12-9-21(30)18-24(23)31)39-26(33-29)20-7-10-22(11-8-20)38-17-6-16-35/h2,7-12,18,25,32,35,37H,1,3-6,13-17,19H2,(H,34,36)/t25-,29-/m0/s1. The highest BCUT2D eigenvalue weighted by atomic mass is 35.5. The molecule has 0 unspecified atom stereocenters. The fourth-order valence-corrected chi connectivity index (χ4v) is 5.52. The van der Waals surface area contributed by atoms with E-state index < -0.39 is 23.2 Å². The van der Waals surface area contributed by atoms with E-state index in [9.17, 15) is 9.90 Å². The molecule has 2 aliphatic rings. The number of hydrogen-bond acceptors (Lipinski definition) is 7. The third-order valence-electron chi connectivity index (χ3n) is 7.13. The first-order valence-electron chi connectivity index (χ1n) is 13.2. The molecule has 1 amide bonds. The lowest BCUT2D eigenvalue weighted by Gasteiger charge is -2.34. The van der Waals surface area contributed by atoms with Gasteiger partial charge in [0.25, 0.3) is 5.91 Å². The van der Waals surface area contributed by atoms with Gasteiger partial charge in [-0.15, -0.1) is 6.58 Å². The third kappa shape index (κ3) is 6.94. The molecule has 2 aromatic rings. The third-order valence-corrected chi connectivity index (χ3v) is 7.70. The largest absolute Gasteiger partial charge is 0.494 e. The van der Waals surface area contributed by atoms with E-state index in [2.05, 4.69) is 17.4 Å². The van der Waals surface area contributed by atoms with Crippen molar-refractivity contribution in [1.82, 2.24) is 10.9 Å². The van der Waals surface area contributed by atoms with E-state index in [1.54, 1.807) is 48.5 Å². The Bertz CT molecular complexity index is 1180. The van der Waals surface area contributed by atoms with Gasteiger partial charge >= 0.3 is 0 Å². The number of hydrogen-bond donors (Lipinski definition) is 4. The SMILES string of the molecule is C=CC[C@]1(C(=O)NNCC2(O)CCCCC2)N=C(c2ccc(OCCCO)cc2)O[C@H]1c1ccc(Cl)cc1Cl. The average Bonchev–Trinajstić information content (AvgIpc) is 3.30. The molecular weight excluding hydrogens is 541 g/mol. The summed E-state index contributed by atoms with van der Waals surface area (Å²) in [6, 6.07) is 12.2. The fraction of sp³-hybridized carbons (Fsp3) is 0.448. The second-order valence-corrected chi connectivity index (χ2v) is 10.9. The van der Waals surface area contributed by atoms with Crippen molar-refractivity contribution in [2.45, 2.75) is 62.2 Å². The van der Waals surface area contributed by atoms with Crippen molar-refractivity contribution in [3.63, 3.8) is 0 Å². The molecule has 4 rings (SSSR count). The van der Waals surface area contributed by atoms with Gasteiger partial charge in [0.05, 0.1) is 12.2 Å². The van der Waals surface area contributed by atoms with Crippen molar-refractivity contribution < 1.29 is 24.5 Å². The van der Waals surface area contributed by atoms with Crippen molar-refractivity contribution in [1.29, 1.82) is 0 Å². The topological polar surface area (TPSA) is 112 Å². The predicted octanol–water partition coefficient (Wildman–Crippen LogP) is 4.90. The van der Waals surface area contributed by atoms with Gasteiger partial charge in [0.1, 0.15) is 5.75 Å². The summed E-state index contributed by atoms with van der Waals surface area (Å²) < 4.78 is 12.0. The van der Waals surface area contributed by atoms with Gasteiger partial charge in [-0.3, -0.25) is 10.2 Å². The number of aliphatic hydroxyl groups is 2. The number of benzene rings is 2. The van der Waals surface area contributed by atoms with E-state index >= 15 is 0 Å². The number of aliphatic hydroxyl groups excluding tert-OH is 1. The highest BCUT2D eigenvalue weighted by Gasteiger charge is 2.53. The molecule has 4 N–H and O–H groups in total. The summed E-state index contributed by atoms with van der Waals surface area (Å²) in [5.74, 6) is 0.482. The number of carbonyl (C=O) groups excluding carboxylic acids is 1.